The van der Waals surface area contributed by atoms with E-state index in [4.69, 9.17) is 8.85 Å². The molecule has 0 aromatic heterocycles. The van der Waals surface area contributed by atoms with E-state index in [1.807, 2.05) is 60.7 Å². The molecule has 10 heteroatoms. The van der Waals surface area contributed by atoms with E-state index < -0.39 is 40.9 Å². The lowest BCUT2D eigenvalue weighted by Crippen LogP contribution is -2.69. The van der Waals surface area contributed by atoms with Crippen molar-refractivity contribution in [1.29, 1.82) is 0 Å². The van der Waals surface area contributed by atoms with Crippen LogP contribution in [0.3, 0.4) is 0 Å². The number of rotatable bonds is 12. The van der Waals surface area contributed by atoms with Gasteiger partial charge in [0.1, 0.15) is 0 Å². The lowest BCUT2D eigenvalue weighted by molar-refractivity contribution is -0.173. The third-order valence-electron chi connectivity index (χ3n) is 10.2. The third kappa shape index (κ3) is 6.14. The van der Waals surface area contributed by atoms with E-state index in [-0.39, 0.29) is 45.8 Å². The first-order valence-electron chi connectivity index (χ1n) is 16.2. The van der Waals surface area contributed by atoms with Crippen molar-refractivity contribution in [1.82, 2.24) is 9.80 Å². The fourth-order valence-electron chi connectivity index (χ4n) is 7.49. The van der Waals surface area contributed by atoms with E-state index in [1.54, 1.807) is 0 Å². The molecule has 4 rings (SSSR count). The molecule has 0 saturated carbocycles. The van der Waals surface area contributed by atoms with Gasteiger partial charge in [-0.3, -0.25) is 29.0 Å². The quantitative estimate of drug-likeness (QED) is 0.180. The first kappa shape index (κ1) is 34.9. The number of amides is 4. The van der Waals surface area contributed by atoms with E-state index in [0.717, 1.165) is 11.1 Å². The van der Waals surface area contributed by atoms with Crippen LogP contribution in [0.4, 0.5) is 0 Å². The van der Waals surface area contributed by atoms with Crippen molar-refractivity contribution in [2.45, 2.75) is 121 Å². The summed E-state index contributed by atoms with van der Waals surface area (Å²) in [5.74, 6) is -1.19. The molecule has 0 N–H and O–H groups in total. The first-order valence-corrected chi connectivity index (χ1v) is 20.8. The van der Waals surface area contributed by atoms with Crippen molar-refractivity contribution in [2.24, 2.45) is 0 Å². The molecule has 8 nitrogen and oxygen atoms in total. The van der Waals surface area contributed by atoms with E-state index in [0.29, 0.717) is 5.67 Å². The van der Waals surface area contributed by atoms with Crippen LogP contribution in [0.1, 0.15) is 92.4 Å². The maximum Gasteiger partial charge on any atom is 0.260 e. The summed E-state index contributed by atoms with van der Waals surface area (Å²) in [5.41, 5.74) is 2.91. The predicted octanol–water partition coefficient (Wildman–Crippen LogP) is 7.09. The van der Waals surface area contributed by atoms with Gasteiger partial charge in [-0.2, -0.15) is 0 Å². The second-order valence-electron chi connectivity index (χ2n) is 13.9. The van der Waals surface area contributed by atoms with E-state index in [9.17, 15) is 19.2 Å². The first-order chi connectivity index (χ1) is 21.1. The highest BCUT2D eigenvalue weighted by atomic mass is 28.4. The molecule has 2 aliphatic heterocycles. The number of nitrogens with zero attached hydrogens (tertiary/aromatic N) is 2. The van der Waals surface area contributed by atoms with Crippen molar-refractivity contribution >= 4 is 40.3 Å². The molecule has 2 aromatic rings. The minimum Gasteiger partial charge on any atom is -0.403 e. The Bertz CT molecular complexity index is 1280. The number of hydrogen-bond acceptors (Lipinski definition) is 6. The highest BCUT2D eigenvalue weighted by Crippen LogP contribution is 2.52. The second kappa shape index (κ2) is 13.4. The van der Waals surface area contributed by atoms with Crippen molar-refractivity contribution in [3.8, 4) is 0 Å². The van der Waals surface area contributed by atoms with Gasteiger partial charge in [-0.1, -0.05) is 116 Å². The average molecular weight is 651 g/mol. The van der Waals surface area contributed by atoms with E-state index in [1.165, 1.54) is 23.6 Å². The molecule has 2 aromatic carbocycles. The summed E-state index contributed by atoms with van der Waals surface area (Å²) in [4.78, 5) is 55.1. The van der Waals surface area contributed by atoms with Gasteiger partial charge in [0.05, 0.1) is 12.1 Å². The maximum absolute atomic E-state index is 13.6. The number of β-lactam (4-membered cyclic amide) rings is 2. The topological polar surface area (TPSA) is 93.2 Å². The number of hydrogen-bond donors (Lipinski definition) is 0. The van der Waals surface area contributed by atoms with Gasteiger partial charge in [-0.05, 0) is 39.0 Å². The Morgan fingerprint density at radius 2 is 0.889 bits per heavy atom. The lowest BCUT2D eigenvalue weighted by Gasteiger charge is -2.55. The molecule has 4 atom stereocenters. The number of imide groups is 2. The zero-order chi connectivity index (χ0) is 33.4. The molecule has 2 aliphatic rings. The summed E-state index contributed by atoms with van der Waals surface area (Å²) in [6, 6.07) is 18.3. The molecule has 244 valence electrons. The van der Waals surface area contributed by atoms with E-state index in [2.05, 4.69) is 55.4 Å². The molecule has 0 spiro atoms. The van der Waals surface area contributed by atoms with Gasteiger partial charge in [0, 0.05) is 13.8 Å². The van der Waals surface area contributed by atoms with Crippen LogP contribution in [0.5, 0.6) is 0 Å². The Balaban J connectivity index is 1.77. The monoisotopic (exact) mass is 650 g/mol. The molecule has 0 aliphatic carbocycles. The molecular weight excluding hydrogens is 601 g/mol. The summed E-state index contributed by atoms with van der Waals surface area (Å²) in [7, 11) is -5.71. The molecule has 2 saturated heterocycles. The Morgan fingerprint density at radius 1 is 0.600 bits per heavy atom. The molecule has 0 radical (unpaired) electrons. The van der Waals surface area contributed by atoms with Gasteiger partial charge >= 0.3 is 0 Å². The molecule has 0 bridgehead atoms. The van der Waals surface area contributed by atoms with Crippen LogP contribution < -0.4 is 0 Å². The van der Waals surface area contributed by atoms with Gasteiger partial charge in [-0.25, -0.2) is 0 Å². The van der Waals surface area contributed by atoms with Crippen LogP contribution in [0.15, 0.2) is 60.7 Å². The normalized spacial score (nSPS) is 22.4. The number of carbonyl (C=O) groups excluding carboxylic acids is 4. The Labute approximate surface area is 270 Å². The van der Waals surface area contributed by atoms with Gasteiger partial charge in [0.2, 0.25) is 11.8 Å². The van der Waals surface area contributed by atoms with Gasteiger partial charge in [-0.15, -0.1) is 0 Å². The standard InChI is InChI=1S/C35H50N2O6Si2/c1-22(2)44(23(3)4,42-32-30(28-17-13-11-14-18-28)36(26(9)38)34(32)40)21-45(24(5)6,25(7)8)43-33-31(29-19-15-12-16-20-29)37(27(10)39)35(33)41/h11-20,22-25,30-33H,21H2,1-10H3/t30-,31-,32+,33+/m0/s1. The molecule has 2 heterocycles. The van der Waals surface area contributed by atoms with E-state index >= 15 is 0 Å². The highest BCUT2D eigenvalue weighted by Gasteiger charge is 2.62. The number of likely N-dealkylation sites (tertiary alicyclic amines) is 2. The van der Waals surface area contributed by atoms with Crippen LogP contribution >= 0.6 is 0 Å². The third-order valence-corrected chi connectivity index (χ3v) is 23.8. The zero-order valence-electron chi connectivity index (χ0n) is 28.4. The Hall–Kier alpha value is -2.93. The fraction of sp³-hybridized carbons (Fsp3) is 0.543. The summed E-state index contributed by atoms with van der Waals surface area (Å²) in [6.07, 6.45) is -1.54. The minimum atomic E-state index is -2.86. The zero-order valence-corrected chi connectivity index (χ0v) is 30.4. The average Bonchev–Trinajstić information content (AvgIpc) is 2.97. The van der Waals surface area contributed by atoms with Crippen molar-refractivity contribution in [3.63, 3.8) is 0 Å². The SMILES string of the molecule is CC(=O)N1C(=O)[C@H](O[Si](C[Si](O[C@H]2C(=O)N(C(C)=O)[C@H]2c2ccccc2)(C(C)C)C(C)C)(C(C)C)C(C)C)[C@@H]1c1ccccc1. The van der Waals surface area contributed by atoms with Crippen LogP contribution in [0, 0.1) is 0 Å². The van der Waals surface area contributed by atoms with Gasteiger partial charge < -0.3 is 8.85 Å². The Morgan fingerprint density at radius 3 is 1.13 bits per heavy atom. The van der Waals surface area contributed by atoms with Crippen LogP contribution in [0.25, 0.3) is 0 Å². The minimum absolute atomic E-state index is 0.122. The van der Waals surface area contributed by atoms with Gasteiger partial charge in [0.15, 0.2) is 28.8 Å². The Kier molecular flexibility index (Phi) is 10.4. The molecule has 2 fully saturated rings. The highest BCUT2D eigenvalue weighted by molar-refractivity contribution is 6.94. The van der Waals surface area contributed by atoms with Crippen molar-refractivity contribution in [2.75, 3.05) is 0 Å². The van der Waals surface area contributed by atoms with Crippen molar-refractivity contribution < 1.29 is 28.0 Å². The van der Waals surface area contributed by atoms with Crippen molar-refractivity contribution in [3.05, 3.63) is 71.8 Å². The van der Waals surface area contributed by atoms with Crippen LogP contribution in [-0.2, 0) is 28.0 Å². The predicted molar refractivity (Wildman–Crippen MR) is 180 cm³/mol. The van der Waals surface area contributed by atoms with Crippen LogP contribution in [-0.4, -0.2) is 62.3 Å². The molecule has 4 amide bonds. The summed E-state index contributed by atoms with van der Waals surface area (Å²) in [5, 5.41) is 0. The second-order valence-corrected chi connectivity index (χ2v) is 24.3. The molecule has 45 heavy (non-hydrogen) atoms. The lowest BCUT2D eigenvalue weighted by atomic mass is 9.91. The number of carbonyl (C=O) groups is 4. The summed E-state index contributed by atoms with van der Waals surface area (Å²) < 4.78 is 14.5. The molecule has 0 unspecified atom stereocenters. The smallest absolute Gasteiger partial charge is 0.260 e. The summed E-state index contributed by atoms with van der Waals surface area (Å²) in [6.45, 7) is 20.2. The fourth-order valence-corrected chi connectivity index (χ4v) is 23.3. The molecular formula is C35H50N2O6Si2. The summed E-state index contributed by atoms with van der Waals surface area (Å²) >= 11 is 0. The van der Waals surface area contributed by atoms with Gasteiger partial charge in [0.25, 0.3) is 11.8 Å². The number of benzene rings is 2. The van der Waals surface area contributed by atoms with Crippen LogP contribution in [0.2, 0.25) is 27.8 Å². The largest absolute Gasteiger partial charge is 0.403 e. The maximum atomic E-state index is 13.6.